The molecule has 3 rings (SSSR count). The Morgan fingerprint density at radius 3 is 2.82 bits per heavy atom. The molecule has 0 fully saturated rings. The van der Waals surface area contributed by atoms with Gasteiger partial charge in [0.25, 0.3) is 11.8 Å². The van der Waals surface area contributed by atoms with Crippen LogP contribution in [0.15, 0.2) is 29.2 Å². The highest BCUT2D eigenvalue weighted by molar-refractivity contribution is 7.98. The van der Waals surface area contributed by atoms with Gasteiger partial charge in [0.2, 0.25) is 0 Å². The summed E-state index contributed by atoms with van der Waals surface area (Å²) < 4.78 is 5.05. The van der Waals surface area contributed by atoms with E-state index in [0.717, 1.165) is 15.3 Å². The highest BCUT2D eigenvalue weighted by Crippen LogP contribution is 2.37. The first kappa shape index (κ1) is 20.2. The first-order valence-corrected chi connectivity index (χ1v) is 10.8. The molecular weight excluding hydrogens is 398 g/mol. The predicted molar refractivity (Wildman–Crippen MR) is 110 cm³/mol. The quantitative estimate of drug-likeness (QED) is 0.724. The fraction of sp³-hybridized carbons (Fsp3) is 0.316. The van der Waals surface area contributed by atoms with Crippen LogP contribution in [0.2, 0.25) is 0 Å². The first-order valence-electron chi connectivity index (χ1n) is 8.76. The fourth-order valence-electron chi connectivity index (χ4n) is 3.06. The summed E-state index contributed by atoms with van der Waals surface area (Å²) in [5.74, 6) is -0.894. The Bertz CT molecular complexity index is 926. The van der Waals surface area contributed by atoms with Crippen molar-refractivity contribution in [3.8, 4) is 0 Å². The number of benzene rings is 1. The van der Waals surface area contributed by atoms with Crippen LogP contribution in [0, 0.1) is 0 Å². The Labute approximate surface area is 171 Å². The van der Waals surface area contributed by atoms with E-state index in [0.29, 0.717) is 42.2 Å². The molecule has 3 amide bonds. The van der Waals surface area contributed by atoms with Crippen molar-refractivity contribution in [2.75, 3.05) is 24.7 Å². The van der Waals surface area contributed by atoms with Gasteiger partial charge in [0, 0.05) is 21.9 Å². The molecule has 0 bridgehead atoms. The van der Waals surface area contributed by atoms with Crippen molar-refractivity contribution in [2.45, 2.75) is 24.8 Å². The van der Waals surface area contributed by atoms with Crippen LogP contribution < -0.4 is 11.1 Å². The van der Waals surface area contributed by atoms with Gasteiger partial charge in [-0.3, -0.25) is 9.59 Å². The summed E-state index contributed by atoms with van der Waals surface area (Å²) in [6, 6.07) is 7.24. The number of rotatable bonds is 5. The van der Waals surface area contributed by atoms with E-state index < -0.39 is 5.91 Å². The third-order valence-electron chi connectivity index (χ3n) is 4.39. The molecule has 3 N–H and O–H groups in total. The maximum atomic E-state index is 12.7. The third-order valence-corrected chi connectivity index (χ3v) is 6.25. The number of carbonyl (C=O) groups is 3. The van der Waals surface area contributed by atoms with Gasteiger partial charge in [-0.2, -0.15) is 0 Å². The number of primary amides is 1. The minimum Gasteiger partial charge on any atom is -0.450 e. The molecule has 2 heterocycles. The number of hydrogen-bond donors (Lipinski definition) is 2. The molecule has 1 aromatic heterocycles. The lowest BCUT2D eigenvalue weighted by molar-refractivity contribution is 0.0997. The van der Waals surface area contributed by atoms with Crippen molar-refractivity contribution in [1.82, 2.24) is 4.90 Å². The van der Waals surface area contributed by atoms with Crippen molar-refractivity contribution in [3.05, 3.63) is 45.8 Å². The van der Waals surface area contributed by atoms with E-state index in [2.05, 4.69) is 5.32 Å². The van der Waals surface area contributed by atoms with Crippen LogP contribution in [0.3, 0.4) is 0 Å². The number of thioether (sulfide) groups is 1. The van der Waals surface area contributed by atoms with E-state index in [1.807, 2.05) is 18.4 Å². The molecule has 1 aliphatic rings. The number of nitrogens with one attached hydrogen (secondary N) is 1. The van der Waals surface area contributed by atoms with Crippen LogP contribution in [0.1, 0.15) is 38.1 Å². The smallest absolute Gasteiger partial charge is 0.410 e. The summed E-state index contributed by atoms with van der Waals surface area (Å²) in [4.78, 5) is 40.1. The molecule has 0 radical (unpaired) electrons. The van der Waals surface area contributed by atoms with Crippen molar-refractivity contribution < 1.29 is 19.1 Å². The topological polar surface area (TPSA) is 102 Å². The van der Waals surface area contributed by atoms with Gasteiger partial charge in [-0.05, 0) is 43.4 Å². The standard InChI is InChI=1S/C19H21N3O4S2/c1-3-26-19(25)22-8-7-13-14(10-22)28-18(15(13)16(20)23)21-17(24)11-5-4-6-12(9-11)27-2/h4-6,9H,3,7-8,10H2,1-2H3,(H2,20,23)(H,21,24). The van der Waals surface area contributed by atoms with Crippen molar-refractivity contribution in [1.29, 1.82) is 0 Å². The van der Waals surface area contributed by atoms with Crippen molar-refractivity contribution >= 4 is 46.0 Å². The molecule has 2 aromatic rings. The zero-order valence-corrected chi connectivity index (χ0v) is 17.2. The van der Waals surface area contributed by atoms with E-state index in [-0.39, 0.29) is 12.0 Å². The number of anilines is 1. The lowest BCUT2D eigenvalue weighted by Gasteiger charge is -2.26. The molecule has 0 saturated heterocycles. The number of carbonyl (C=O) groups excluding carboxylic acids is 3. The number of amides is 3. The summed E-state index contributed by atoms with van der Waals surface area (Å²) in [5, 5.41) is 3.24. The van der Waals surface area contributed by atoms with Crippen molar-refractivity contribution in [2.24, 2.45) is 5.73 Å². The Balaban J connectivity index is 1.87. The molecular formula is C19H21N3O4S2. The molecule has 0 saturated carbocycles. The SMILES string of the molecule is CCOC(=O)N1CCc2c(sc(NC(=O)c3cccc(SC)c3)c2C(N)=O)C1. The first-order chi connectivity index (χ1) is 13.4. The number of ether oxygens (including phenoxy) is 1. The highest BCUT2D eigenvalue weighted by Gasteiger charge is 2.30. The van der Waals surface area contributed by atoms with E-state index >= 15 is 0 Å². The Kier molecular flexibility index (Phi) is 6.25. The molecule has 9 heteroatoms. The summed E-state index contributed by atoms with van der Waals surface area (Å²) in [5.41, 5.74) is 7.22. The second-order valence-corrected chi connectivity index (χ2v) is 8.11. The lowest BCUT2D eigenvalue weighted by Crippen LogP contribution is -2.36. The zero-order chi connectivity index (χ0) is 20.3. The van der Waals surface area contributed by atoms with Gasteiger partial charge in [-0.15, -0.1) is 23.1 Å². The number of fused-ring (bicyclic) bond motifs is 1. The van der Waals surface area contributed by atoms with Gasteiger partial charge in [0.05, 0.1) is 18.7 Å². The van der Waals surface area contributed by atoms with Gasteiger partial charge < -0.3 is 20.7 Å². The molecule has 7 nitrogen and oxygen atoms in total. The third kappa shape index (κ3) is 4.15. The van der Waals surface area contributed by atoms with Crippen LogP contribution >= 0.6 is 23.1 Å². The number of thiophene rings is 1. The average molecular weight is 420 g/mol. The summed E-state index contributed by atoms with van der Waals surface area (Å²) in [7, 11) is 0. The van der Waals surface area contributed by atoms with E-state index in [9.17, 15) is 14.4 Å². The normalized spacial score (nSPS) is 13.0. The summed E-state index contributed by atoms with van der Waals surface area (Å²) in [6.07, 6.45) is 2.03. The predicted octanol–water partition coefficient (Wildman–Crippen LogP) is 3.34. The van der Waals surface area contributed by atoms with Crippen LogP contribution in [-0.2, 0) is 17.7 Å². The fourth-order valence-corrected chi connectivity index (χ4v) is 4.79. The minimum absolute atomic E-state index is 0.301. The zero-order valence-electron chi connectivity index (χ0n) is 15.6. The Morgan fingerprint density at radius 2 is 2.14 bits per heavy atom. The molecule has 0 spiro atoms. The van der Waals surface area contributed by atoms with Gasteiger partial charge in [-0.25, -0.2) is 4.79 Å². The maximum absolute atomic E-state index is 12.7. The Hall–Kier alpha value is -2.52. The van der Waals surface area contributed by atoms with Crippen LogP contribution in [0.5, 0.6) is 0 Å². The summed E-state index contributed by atoms with van der Waals surface area (Å²) in [6.45, 7) is 2.82. The van der Waals surface area contributed by atoms with Crippen LogP contribution in [0.25, 0.3) is 0 Å². The van der Waals surface area contributed by atoms with E-state index in [1.54, 1.807) is 35.7 Å². The van der Waals surface area contributed by atoms with Crippen molar-refractivity contribution in [3.63, 3.8) is 0 Å². The van der Waals surface area contributed by atoms with Crippen LogP contribution in [-0.4, -0.2) is 42.2 Å². The number of nitrogens with two attached hydrogens (primary N) is 1. The molecule has 1 aliphatic heterocycles. The monoisotopic (exact) mass is 419 g/mol. The molecule has 0 atom stereocenters. The molecule has 1 aromatic carbocycles. The van der Waals surface area contributed by atoms with E-state index in [1.165, 1.54) is 11.3 Å². The van der Waals surface area contributed by atoms with Crippen LogP contribution in [0.4, 0.5) is 9.80 Å². The Morgan fingerprint density at radius 1 is 1.36 bits per heavy atom. The molecule has 0 unspecified atom stereocenters. The second kappa shape index (κ2) is 8.66. The van der Waals surface area contributed by atoms with Gasteiger partial charge in [0.15, 0.2) is 0 Å². The van der Waals surface area contributed by atoms with Gasteiger partial charge in [-0.1, -0.05) is 6.07 Å². The van der Waals surface area contributed by atoms with Gasteiger partial charge >= 0.3 is 6.09 Å². The summed E-state index contributed by atoms with van der Waals surface area (Å²) >= 11 is 2.82. The molecule has 28 heavy (non-hydrogen) atoms. The maximum Gasteiger partial charge on any atom is 0.410 e. The number of nitrogens with zero attached hydrogens (tertiary/aromatic N) is 1. The average Bonchev–Trinajstić information content (AvgIpc) is 3.05. The molecule has 148 valence electrons. The number of hydrogen-bond acceptors (Lipinski definition) is 6. The van der Waals surface area contributed by atoms with E-state index in [4.69, 9.17) is 10.5 Å². The second-order valence-electron chi connectivity index (χ2n) is 6.13. The highest BCUT2D eigenvalue weighted by atomic mass is 32.2. The largest absolute Gasteiger partial charge is 0.450 e. The minimum atomic E-state index is -0.588. The lowest BCUT2D eigenvalue weighted by atomic mass is 10.0. The molecule has 0 aliphatic carbocycles. The van der Waals surface area contributed by atoms with Gasteiger partial charge in [0.1, 0.15) is 5.00 Å².